The second kappa shape index (κ2) is 4.59. The summed E-state index contributed by atoms with van der Waals surface area (Å²) in [4.78, 5) is 18.8. The molecule has 4 rings (SSSR count). The third-order valence-electron chi connectivity index (χ3n) is 3.56. The molecule has 0 aliphatic carbocycles. The number of fused-ring (bicyclic) bond motifs is 2. The largest absolute Gasteiger partial charge is 0.466 e. The SMILES string of the molecule is O=C1c2ccccc2OC2C=CC=C(c3ccccn3)N12. The van der Waals surface area contributed by atoms with Gasteiger partial charge in [0.15, 0.2) is 6.23 Å². The van der Waals surface area contributed by atoms with E-state index < -0.39 is 6.23 Å². The van der Waals surface area contributed by atoms with E-state index in [1.165, 1.54) is 0 Å². The Morgan fingerprint density at radius 3 is 2.81 bits per heavy atom. The van der Waals surface area contributed by atoms with Gasteiger partial charge in [0, 0.05) is 6.20 Å². The summed E-state index contributed by atoms with van der Waals surface area (Å²) >= 11 is 0. The van der Waals surface area contributed by atoms with Crippen LogP contribution in [0.2, 0.25) is 0 Å². The number of ether oxygens (including phenoxy) is 1. The van der Waals surface area contributed by atoms with Crippen LogP contribution in [0.25, 0.3) is 5.70 Å². The molecule has 0 fully saturated rings. The third-order valence-corrected chi connectivity index (χ3v) is 3.56. The zero-order valence-electron chi connectivity index (χ0n) is 11.1. The summed E-state index contributed by atoms with van der Waals surface area (Å²) in [6.45, 7) is 0. The average Bonchev–Trinajstić information content (AvgIpc) is 2.55. The Hall–Kier alpha value is -2.88. The van der Waals surface area contributed by atoms with Crippen LogP contribution in [0, 0.1) is 0 Å². The molecule has 0 spiro atoms. The van der Waals surface area contributed by atoms with Crippen molar-refractivity contribution in [1.29, 1.82) is 0 Å². The molecule has 0 saturated heterocycles. The van der Waals surface area contributed by atoms with E-state index in [0.29, 0.717) is 11.3 Å². The molecule has 1 unspecified atom stereocenters. The lowest BCUT2D eigenvalue weighted by Crippen LogP contribution is -2.46. The smallest absolute Gasteiger partial charge is 0.265 e. The first-order chi connectivity index (χ1) is 10.3. The Morgan fingerprint density at radius 1 is 1.10 bits per heavy atom. The number of carbonyl (C=O) groups excluding carboxylic acids is 1. The van der Waals surface area contributed by atoms with Crippen molar-refractivity contribution in [2.75, 3.05) is 0 Å². The van der Waals surface area contributed by atoms with E-state index in [1.54, 1.807) is 17.2 Å². The van der Waals surface area contributed by atoms with E-state index in [4.69, 9.17) is 4.74 Å². The molecular formula is C17H12N2O2. The first-order valence-corrected chi connectivity index (χ1v) is 6.74. The topological polar surface area (TPSA) is 42.4 Å². The summed E-state index contributed by atoms with van der Waals surface area (Å²) < 4.78 is 5.91. The fourth-order valence-electron chi connectivity index (χ4n) is 2.59. The lowest BCUT2D eigenvalue weighted by Gasteiger charge is -2.37. The van der Waals surface area contributed by atoms with Crippen LogP contribution in [-0.4, -0.2) is 22.0 Å². The summed E-state index contributed by atoms with van der Waals surface area (Å²) in [5.74, 6) is 0.554. The Bertz CT molecular complexity index is 765. The summed E-state index contributed by atoms with van der Waals surface area (Å²) in [6.07, 6.45) is 6.93. The van der Waals surface area contributed by atoms with Gasteiger partial charge in [0.1, 0.15) is 5.75 Å². The minimum Gasteiger partial charge on any atom is -0.466 e. The van der Waals surface area contributed by atoms with Gasteiger partial charge in [-0.1, -0.05) is 24.3 Å². The molecule has 0 bridgehead atoms. The molecule has 2 aromatic rings. The number of para-hydroxylation sites is 1. The number of allylic oxidation sites excluding steroid dienone is 2. The van der Waals surface area contributed by atoms with Crippen LogP contribution in [0.5, 0.6) is 5.75 Å². The number of hydrogen-bond acceptors (Lipinski definition) is 3. The van der Waals surface area contributed by atoms with Crippen molar-refractivity contribution >= 4 is 11.6 Å². The van der Waals surface area contributed by atoms with Crippen LogP contribution in [0.15, 0.2) is 66.9 Å². The standard InChI is InChI=1S/C17H12N2O2/c20-17-12-6-1-2-9-15(12)21-16-10-5-8-14(19(16)17)13-7-3-4-11-18-13/h1-11,16H. The normalized spacial score (nSPS) is 19.4. The molecule has 1 aromatic heterocycles. The number of carbonyl (C=O) groups is 1. The van der Waals surface area contributed by atoms with Gasteiger partial charge in [-0.15, -0.1) is 0 Å². The second-order valence-corrected chi connectivity index (χ2v) is 4.83. The predicted octanol–water partition coefficient (Wildman–Crippen LogP) is 2.85. The van der Waals surface area contributed by atoms with Gasteiger partial charge in [-0.2, -0.15) is 0 Å². The molecule has 4 heteroatoms. The Balaban J connectivity index is 1.82. The van der Waals surface area contributed by atoms with Crippen LogP contribution in [0.3, 0.4) is 0 Å². The molecule has 0 radical (unpaired) electrons. The third kappa shape index (κ3) is 1.84. The maximum atomic E-state index is 12.8. The number of benzene rings is 1. The molecule has 102 valence electrons. The van der Waals surface area contributed by atoms with Gasteiger partial charge in [0.25, 0.3) is 5.91 Å². The van der Waals surface area contributed by atoms with Crippen molar-refractivity contribution in [3.05, 3.63) is 78.1 Å². The van der Waals surface area contributed by atoms with Crippen molar-refractivity contribution in [3.63, 3.8) is 0 Å². The van der Waals surface area contributed by atoms with Gasteiger partial charge in [-0.05, 0) is 36.4 Å². The molecule has 1 aromatic carbocycles. The zero-order valence-corrected chi connectivity index (χ0v) is 11.1. The zero-order chi connectivity index (χ0) is 14.2. The molecule has 21 heavy (non-hydrogen) atoms. The van der Waals surface area contributed by atoms with Crippen LogP contribution < -0.4 is 4.74 Å². The predicted molar refractivity (Wildman–Crippen MR) is 78.4 cm³/mol. The van der Waals surface area contributed by atoms with Crippen LogP contribution in [-0.2, 0) is 0 Å². The lowest BCUT2D eigenvalue weighted by atomic mass is 10.1. The minimum atomic E-state index is -0.422. The van der Waals surface area contributed by atoms with Gasteiger partial charge >= 0.3 is 0 Å². The fourth-order valence-corrected chi connectivity index (χ4v) is 2.59. The van der Waals surface area contributed by atoms with E-state index in [1.807, 2.05) is 54.6 Å². The number of amides is 1. The number of aromatic nitrogens is 1. The Morgan fingerprint density at radius 2 is 1.95 bits per heavy atom. The second-order valence-electron chi connectivity index (χ2n) is 4.83. The van der Waals surface area contributed by atoms with Gasteiger partial charge in [0.2, 0.25) is 0 Å². The number of rotatable bonds is 1. The fraction of sp³-hybridized carbons (Fsp3) is 0.0588. The molecule has 1 amide bonds. The highest BCUT2D eigenvalue weighted by molar-refractivity contribution is 6.03. The van der Waals surface area contributed by atoms with E-state index in [9.17, 15) is 4.79 Å². The van der Waals surface area contributed by atoms with Gasteiger partial charge in [-0.3, -0.25) is 14.7 Å². The van der Waals surface area contributed by atoms with Crippen LogP contribution in [0.4, 0.5) is 0 Å². The van der Waals surface area contributed by atoms with Gasteiger partial charge < -0.3 is 4.74 Å². The first-order valence-electron chi connectivity index (χ1n) is 6.74. The molecular weight excluding hydrogens is 264 g/mol. The lowest BCUT2D eigenvalue weighted by molar-refractivity contribution is 0.0500. The van der Waals surface area contributed by atoms with E-state index in [-0.39, 0.29) is 5.91 Å². The quantitative estimate of drug-likeness (QED) is 0.804. The Labute approximate surface area is 122 Å². The van der Waals surface area contributed by atoms with E-state index in [2.05, 4.69) is 4.98 Å². The summed E-state index contributed by atoms with van der Waals surface area (Å²) in [5, 5.41) is 0. The average molecular weight is 276 g/mol. The molecule has 0 saturated carbocycles. The molecule has 2 aliphatic rings. The molecule has 1 atom stereocenters. The molecule has 3 heterocycles. The molecule has 0 N–H and O–H groups in total. The molecule has 2 aliphatic heterocycles. The van der Waals surface area contributed by atoms with Crippen molar-refractivity contribution in [2.24, 2.45) is 0 Å². The highest BCUT2D eigenvalue weighted by atomic mass is 16.5. The van der Waals surface area contributed by atoms with E-state index >= 15 is 0 Å². The van der Waals surface area contributed by atoms with Crippen LogP contribution >= 0.6 is 0 Å². The highest BCUT2D eigenvalue weighted by Crippen LogP contribution is 2.34. The number of pyridine rings is 1. The summed E-state index contributed by atoms with van der Waals surface area (Å²) in [7, 11) is 0. The van der Waals surface area contributed by atoms with Gasteiger partial charge in [0.05, 0.1) is 17.0 Å². The van der Waals surface area contributed by atoms with Crippen LogP contribution in [0.1, 0.15) is 16.1 Å². The first kappa shape index (κ1) is 11.9. The molecule has 4 nitrogen and oxygen atoms in total. The monoisotopic (exact) mass is 276 g/mol. The van der Waals surface area contributed by atoms with Crippen molar-refractivity contribution < 1.29 is 9.53 Å². The van der Waals surface area contributed by atoms with E-state index in [0.717, 1.165) is 11.4 Å². The van der Waals surface area contributed by atoms with Crippen molar-refractivity contribution in [3.8, 4) is 5.75 Å². The highest BCUT2D eigenvalue weighted by Gasteiger charge is 2.36. The Kier molecular flexibility index (Phi) is 2.60. The summed E-state index contributed by atoms with van der Waals surface area (Å²) in [5.41, 5.74) is 2.08. The maximum absolute atomic E-state index is 12.8. The maximum Gasteiger partial charge on any atom is 0.265 e. The minimum absolute atomic E-state index is 0.0666. The summed E-state index contributed by atoms with van der Waals surface area (Å²) in [6, 6.07) is 12.9. The van der Waals surface area contributed by atoms with Crippen molar-refractivity contribution in [2.45, 2.75) is 6.23 Å². The number of nitrogens with zero attached hydrogens (tertiary/aromatic N) is 2. The van der Waals surface area contributed by atoms with Gasteiger partial charge in [-0.25, -0.2) is 0 Å². The van der Waals surface area contributed by atoms with Crippen molar-refractivity contribution in [1.82, 2.24) is 9.88 Å². The number of hydrogen-bond donors (Lipinski definition) is 0.